The molecule has 29 heavy (non-hydrogen) atoms. The van der Waals surface area contributed by atoms with Gasteiger partial charge in [-0.1, -0.05) is 32.9 Å². The first-order chi connectivity index (χ1) is 13.7. The molecule has 0 fully saturated rings. The van der Waals surface area contributed by atoms with E-state index in [1.165, 1.54) is 0 Å². The minimum atomic E-state index is -0.691. The topological polar surface area (TPSA) is 91.9 Å². The van der Waals surface area contributed by atoms with Crippen LogP contribution in [0.2, 0.25) is 0 Å². The SMILES string of the molecule is CCNC(=NCc1ncc(C(C)(C)C)o1)NCC(O)c1cccc(OC(C)C)c1. The monoisotopic (exact) mass is 402 g/mol. The summed E-state index contributed by atoms with van der Waals surface area (Å²) in [5.41, 5.74) is 0.698. The summed E-state index contributed by atoms with van der Waals surface area (Å²) in [6, 6.07) is 7.50. The molecular formula is C22H34N4O3. The number of aliphatic hydroxyl groups excluding tert-OH is 1. The molecule has 1 atom stereocenters. The van der Waals surface area contributed by atoms with Crippen LogP contribution >= 0.6 is 0 Å². The van der Waals surface area contributed by atoms with Crippen LogP contribution in [-0.4, -0.2) is 35.2 Å². The normalized spacial score (nSPS) is 13.4. The van der Waals surface area contributed by atoms with Crippen LogP contribution in [0.5, 0.6) is 5.75 Å². The van der Waals surface area contributed by atoms with Crippen molar-refractivity contribution < 1.29 is 14.3 Å². The Morgan fingerprint density at radius 3 is 2.66 bits per heavy atom. The van der Waals surface area contributed by atoms with Gasteiger partial charge < -0.3 is 24.9 Å². The fourth-order valence-electron chi connectivity index (χ4n) is 2.60. The highest BCUT2D eigenvalue weighted by atomic mass is 16.5. The molecule has 0 spiro atoms. The van der Waals surface area contributed by atoms with Gasteiger partial charge in [0.1, 0.15) is 18.1 Å². The van der Waals surface area contributed by atoms with Crippen molar-refractivity contribution in [3.8, 4) is 5.75 Å². The maximum absolute atomic E-state index is 10.5. The first-order valence-corrected chi connectivity index (χ1v) is 10.1. The second-order valence-corrected chi connectivity index (χ2v) is 8.20. The van der Waals surface area contributed by atoms with Crippen molar-refractivity contribution in [1.82, 2.24) is 15.6 Å². The number of nitrogens with zero attached hydrogens (tertiary/aromatic N) is 2. The van der Waals surface area contributed by atoms with Crippen molar-refractivity contribution in [1.29, 1.82) is 0 Å². The van der Waals surface area contributed by atoms with Gasteiger partial charge in [0.15, 0.2) is 5.96 Å². The van der Waals surface area contributed by atoms with E-state index in [9.17, 15) is 5.11 Å². The van der Waals surface area contributed by atoms with Crippen LogP contribution in [0.15, 0.2) is 39.9 Å². The Labute approximate surface area is 173 Å². The van der Waals surface area contributed by atoms with Crippen LogP contribution in [0, 0.1) is 0 Å². The lowest BCUT2D eigenvalue weighted by molar-refractivity contribution is 0.179. The number of aromatic nitrogens is 1. The summed E-state index contributed by atoms with van der Waals surface area (Å²) in [6.45, 7) is 13.5. The quantitative estimate of drug-likeness (QED) is 0.462. The van der Waals surface area contributed by atoms with E-state index < -0.39 is 6.10 Å². The summed E-state index contributed by atoms with van der Waals surface area (Å²) in [4.78, 5) is 8.80. The highest BCUT2D eigenvalue weighted by molar-refractivity contribution is 5.79. The number of aliphatic imine (C=N–C) groups is 1. The van der Waals surface area contributed by atoms with Crippen LogP contribution in [0.3, 0.4) is 0 Å². The molecule has 7 heteroatoms. The molecule has 0 aliphatic carbocycles. The standard InChI is InChI=1S/C22H34N4O3/c1-7-23-21(26-14-20-24-13-19(29-20)22(4,5)6)25-12-18(27)16-9-8-10-17(11-16)28-15(2)3/h8-11,13,15,18,27H,7,12,14H2,1-6H3,(H2,23,25,26). The van der Waals surface area contributed by atoms with Crippen molar-refractivity contribution in [2.75, 3.05) is 13.1 Å². The molecule has 160 valence electrons. The average molecular weight is 403 g/mol. The number of aliphatic hydroxyl groups is 1. The fraction of sp³-hybridized carbons (Fsp3) is 0.545. The maximum atomic E-state index is 10.5. The van der Waals surface area contributed by atoms with Crippen LogP contribution in [-0.2, 0) is 12.0 Å². The van der Waals surface area contributed by atoms with E-state index in [0.717, 1.165) is 17.1 Å². The summed E-state index contributed by atoms with van der Waals surface area (Å²) >= 11 is 0. The van der Waals surface area contributed by atoms with E-state index in [2.05, 4.69) is 41.4 Å². The predicted octanol–water partition coefficient (Wildman–Crippen LogP) is 3.55. The molecule has 0 amide bonds. The molecule has 1 unspecified atom stereocenters. The molecule has 0 saturated carbocycles. The Bertz CT molecular complexity index is 793. The Kier molecular flexibility index (Phi) is 8.08. The summed E-state index contributed by atoms with van der Waals surface area (Å²) in [6.07, 6.45) is 1.15. The first-order valence-electron chi connectivity index (χ1n) is 10.1. The van der Waals surface area contributed by atoms with E-state index in [0.29, 0.717) is 31.5 Å². The van der Waals surface area contributed by atoms with Gasteiger partial charge in [-0.25, -0.2) is 9.98 Å². The Balaban J connectivity index is 1.97. The van der Waals surface area contributed by atoms with Gasteiger partial charge >= 0.3 is 0 Å². The smallest absolute Gasteiger partial charge is 0.216 e. The van der Waals surface area contributed by atoms with Crippen molar-refractivity contribution in [2.45, 2.75) is 65.7 Å². The molecule has 7 nitrogen and oxygen atoms in total. The van der Waals surface area contributed by atoms with Crippen molar-refractivity contribution >= 4 is 5.96 Å². The number of hydrogen-bond acceptors (Lipinski definition) is 5. The number of ether oxygens (including phenoxy) is 1. The lowest BCUT2D eigenvalue weighted by Crippen LogP contribution is -2.39. The summed E-state index contributed by atoms with van der Waals surface area (Å²) in [7, 11) is 0. The van der Waals surface area contributed by atoms with Crippen molar-refractivity contribution in [3.05, 3.63) is 47.7 Å². The molecule has 0 radical (unpaired) electrons. The number of oxazole rings is 1. The number of rotatable bonds is 8. The van der Waals surface area contributed by atoms with E-state index in [4.69, 9.17) is 9.15 Å². The molecule has 2 aromatic rings. The van der Waals surface area contributed by atoms with Crippen LogP contribution in [0.1, 0.15) is 64.9 Å². The fourth-order valence-corrected chi connectivity index (χ4v) is 2.60. The van der Waals surface area contributed by atoms with Gasteiger partial charge in [0, 0.05) is 18.5 Å². The Morgan fingerprint density at radius 1 is 1.28 bits per heavy atom. The zero-order chi connectivity index (χ0) is 21.4. The lowest BCUT2D eigenvalue weighted by atomic mass is 9.94. The number of guanidine groups is 1. The van der Waals surface area contributed by atoms with Crippen molar-refractivity contribution in [2.24, 2.45) is 4.99 Å². The summed E-state index contributed by atoms with van der Waals surface area (Å²) in [5, 5.41) is 16.9. The number of benzene rings is 1. The van der Waals surface area contributed by atoms with Gasteiger partial charge in [-0.05, 0) is 38.5 Å². The van der Waals surface area contributed by atoms with Gasteiger partial charge in [0.05, 0.1) is 18.4 Å². The largest absolute Gasteiger partial charge is 0.491 e. The minimum absolute atomic E-state index is 0.0852. The van der Waals surface area contributed by atoms with E-state index >= 15 is 0 Å². The van der Waals surface area contributed by atoms with Gasteiger partial charge in [-0.3, -0.25) is 0 Å². The molecule has 0 aliphatic rings. The first kappa shape index (κ1) is 22.7. The highest BCUT2D eigenvalue weighted by Gasteiger charge is 2.19. The third-order valence-electron chi connectivity index (χ3n) is 4.09. The summed E-state index contributed by atoms with van der Waals surface area (Å²) < 4.78 is 11.5. The Morgan fingerprint density at radius 2 is 2.03 bits per heavy atom. The van der Waals surface area contributed by atoms with Crippen LogP contribution < -0.4 is 15.4 Å². The number of hydrogen-bond donors (Lipinski definition) is 3. The average Bonchev–Trinajstić information content (AvgIpc) is 3.13. The van der Waals surface area contributed by atoms with E-state index in [-0.39, 0.29) is 11.5 Å². The molecule has 1 heterocycles. The van der Waals surface area contributed by atoms with Crippen LogP contribution in [0.25, 0.3) is 0 Å². The molecular weight excluding hydrogens is 368 g/mol. The maximum Gasteiger partial charge on any atom is 0.216 e. The minimum Gasteiger partial charge on any atom is -0.491 e. The van der Waals surface area contributed by atoms with Crippen LogP contribution in [0.4, 0.5) is 0 Å². The lowest BCUT2D eigenvalue weighted by Gasteiger charge is -2.17. The van der Waals surface area contributed by atoms with Gasteiger partial charge in [-0.15, -0.1) is 0 Å². The number of nitrogens with one attached hydrogen (secondary N) is 2. The molecule has 2 rings (SSSR count). The molecule has 0 aliphatic heterocycles. The Hall–Kier alpha value is -2.54. The molecule has 1 aromatic heterocycles. The second-order valence-electron chi connectivity index (χ2n) is 8.20. The zero-order valence-electron chi connectivity index (χ0n) is 18.3. The van der Waals surface area contributed by atoms with Gasteiger partial charge in [0.25, 0.3) is 0 Å². The molecule has 1 aromatic carbocycles. The molecule has 3 N–H and O–H groups in total. The highest BCUT2D eigenvalue weighted by Crippen LogP contribution is 2.23. The molecule has 0 bridgehead atoms. The van der Waals surface area contributed by atoms with E-state index in [1.54, 1.807) is 6.20 Å². The second kappa shape index (κ2) is 10.3. The van der Waals surface area contributed by atoms with E-state index in [1.807, 2.05) is 45.0 Å². The summed E-state index contributed by atoms with van der Waals surface area (Å²) in [5.74, 6) is 2.73. The third-order valence-corrected chi connectivity index (χ3v) is 4.09. The molecule has 0 saturated heterocycles. The zero-order valence-corrected chi connectivity index (χ0v) is 18.3. The van der Waals surface area contributed by atoms with Gasteiger partial charge in [-0.2, -0.15) is 0 Å². The predicted molar refractivity (Wildman–Crippen MR) is 115 cm³/mol. The third kappa shape index (κ3) is 7.42. The van der Waals surface area contributed by atoms with Crippen molar-refractivity contribution in [3.63, 3.8) is 0 Å². The van der Waals surface area contributed by atoms with Gasteiger partial charge in [0.2, 0.25) is 5.89 Å².